The molecule has 32 heavy (non-hydrogen) atoms. The molecule has 1 aliphatic rings. The minimum atomic E-state index is -4.27. The third kappa shape index (κ3) is 4.75. The standard InChI is InChI=1S/C23H24F2N2O4S/c24-20-8-4-9-21(25)23(20)32(29,30)27-13-11-26(12-14-27)15-18(28)16-31-22-10-3-6-17-5-1-2-7-19(17)22/h1-10,18,28H,11-16H2. The number of β-amino-alcohol motifs (C(OH)–C–C–N with tert-alkyl or cyclic N) is 1. The molecular formula is C23H24F2N2O4S. The highest BCUT2D eigenvalue weighted by atomic mass is 32.2. The van der Waals surface area contributed by atoms with Crippen molar-refractivity contribution in [3.05, 3.63) is 72.3 Å². The molecule has 1 heterocycles. The molecule has 0 spiro atoms. The number of halogens is 2. The van der Waals surface area contributed by atoms with E-state index in [0.29, 0.717) is 25.4 Å². The molecule has 0 aromatic heterocycles. The fraction of sp³-hybridized carbons (Fsp3) is 0.304. The normalized spacial score (nSPS) is 16.8. The smallest absolute Gasteiger partial charge is 0.249 e. The Morgan fingerprint density at radius 3 is 2.25 bits per heavy atom. The number of hydrogen-bond donors (Lipinski definition) is 1. The van der Waals surface area contributed by atoms with Gasteiger partial charge in [0.1, 0.15) is 30.1 Å². The number of ether oxygens (including phenoxy) is 1. The first-order chi connectivity index (χ1) is 15.4. The zero-order chi connectivity index (χ0) is 22.7. The van der Waals surface area contributed by atoms with Gasteiger partial charge >= 0.3 is 0 Å². The third-order valence-electron chi connectivity index (χ3n) is 5.50. The Labute approximate surface area is 185 Å². The van der Waals surface area contributed by atoms with Crippen LogP contribution in [-0.2, 0) is 10.0 Å². The Kier molecular flexibility index (Phi) is 6.71. The Morgan fingerprint density at radius 2 is 1.53 bits per heavy atom. The molecule has 9 heteroatoms. The van der Waals surface area contributed by atoms with Crippen LogP contribution in [0.3, 0.4) is 0 Å². The van der Waals surface area contributed by atoms with E-state index in [1.54, 1.807) is 0 Å². The first-order valence-electron chi connectivity index (χ1n) is 10.3. The summed E-state index contributed by atoms with van der Waals surface area (Å²) in [6, 6.07) is 16.5. The van der Waals surface area contributed by atoms with Crippen molar-refractivity contribution in [2.75, 3.05) is 39.3 Å². The van der Waals surface area contributed by atoms with Crippen LogP contribution in [-0.4, -0.2) is 68.2 Å². The van der Waals surface area contributed by atoms with Crippen molar-refractivity contribution in [1.82, 2.24) is 9.21 Å². The molecule has 1 saturated heterocycles. The van der Waals surface area contributed by atoms with E-state index in [-0.39, 0.29) is 19.7 Å². The number of aliphatic hydroxyl groups excluding tert-OH is 1. The first-order valence-corrected chi connectivity index (χ1v) is 11.8. The van der Waals surface area contributed by atoms with Gasteiger partial charge in [-0.3, -0.25) is 4.90 Å². The molecular weight excluding hydrogens is 438 g/mol. The lowest BCUT2D eigenvalue weighted by Crippen LogP contribution is -2.51. The second kappa shape index (κ2) is 9.50. The van der Waals surface area contributed by atoms with Gasteiger partial charge in [-0.2, -0.15) is 4.31 Å². The van der Waals surface area contributed by atoms with Crippen molar-refractivity contribution in [3.63, 3.8) is 0 Å². The molecule has 1 fully saturated rings. The summed E-state index contributed by atoms with van der Waals surface area (Å²) < 4.78 is 60.2. The number of fused-ring (bicyclic) bond motifs is 1. The summed E-state index contributed by atoms with van der Waals surface area (Å²) in [5, 5.41) is 12.4. The van der Waals surface area contributed by atoms with Gasteiger partial charge in [0.15, 0.2) is 4.90 Å². The molecule has 0 aliphatic carbocycles. The maximum absolute atomic E-state index is 14.0. The summed E-state index contributed by atoms with van der Waals surface area (Å²) in [6.45, 7) is 1.21. The summed E-state index contributed by atoms with van der Waals surface area (Å²) >= 11 is 0. The van der Waals surface area contributed by atoms with E-state index in [9.17, 15) is 22.3 Å². The zero-order valence-corrected chi connectivity index (χ0v) is 18.1. The molecule has 0 saturated carbocycles. The molecule has 1 atom stereocenters. The third-order valence-corrected chi connectivity index (χ3v) is 7.45. The molecule has 4 rings (SSSR count). The van der Waals surface area contributed by atoms with Crippen LogP contribution in [0.5, 0.6) is 5.75 Å². The second-order valence-corrected chi connectivity index (χ2v) is 9.57. The predicted octanol–water partition coefficient (Wildman–Crippen LogP) is 2.86. The fourth-order valence-electron chi connectivity index (χ4n) is 3.87. The SMILES string of the molecule is O=S(=O)(c1c(F)cccc1F)N1CCN(CC(O)COc2cccc3ccccc23)CC1. The Morgan fingerprint density at radius 1 is 0.906 bits per heavy atom. The first kappa shape index (κ1) is 22.6. The summed E-state index contributed by atoms with van der Waals surface area (Å²) in [4.78, 5) is 0.984. The van der Waals surface area contributed by atoms with E-state index < -0.39 is 32.7 Å². The molecule has 3 aromatic carbocycles. The Balaban J connectivity index is 1.32. The topological polar surface area (TPSA) is 70.1 Å². The van der Waals surface area contributed by atoms with Gasteiger partial charge in [0.2, 0.25) is 10.0 Å². The number of nitrogens with zero attached hydrogens (tertiary/aromatic N) is 2. The van der Waals surface area contributed by atoms with E-state index in [2.05, 4.69) is 0 Å². The molecule has 6 nitrogen and oxygen atoms in total. The van der Waals surface area contributed by atoms with Gasteiger partial charge in [0.25, 0.3) is 0 Å². The zero-order valence-electron chi connectivity index (χ0n) is 17.3. The molecule has 0 bridgehead atoms. The maximum Gasteiger partial charge on any atom is 0.249 e. The Hall–Kier alpha value is -2.59. The van der Waals surface area contributed by atoms with Crippen LogP contribution in [0.15, 0.2) is 65.6 Å². The number of rotatable bonds is 7. The number of benzene rings is 3. The van der Waals surface area contributed by atoms with Gasteiger partial charge in [-0.1, -0.05) is 42.5 Å². The molecule has 1 unspecified atom stereocenters. The molecule has 170 valence electrons. The van der Waals surface area contributed by atoms with Crippen LogP contribution >= 0.6 is 0 Å². The maximum atomic E-state index is 14.0. The lowest BCUT2D eigenvalue weighted by atomic mass is 10.1. The Bertz CT molecular complexity index is 1170. The van der Waals surface area contributed by atoms with E-state index in [1.165, 1.54) is 0 Å². The van der Waals surface area contributed by atoms with Gasteiger partial charge in [0, 0.05) is 38.1 Å². The van der Waals surface area contributed by atoms with E-state index in [1.807, 2.05) is 47.4 Å². The van der Waals surface area contributed by atoms with Gasteiger partial charge in [-0.25, -0.2) is 17.2 Å². The second-order valence-electron chi connectivity index (χ2n) is 7.70. The van der Waals surface area contributed by atoms with Crippen LogP contribution < -0.4 is 4.74 Å². The lowest BCUT2D eigenvalue weighted by Gasteiger charge is -2.34. The average Bonchev–Trinajstić information content (AvgIpc) is 2.78. The largest absolute Gasteiger partial charge is 0.490 e. The molecule has 3 aromatic rings. The number of aliphatic hydroxyl groups is 1. The van der Waals surface area contributed by atoms with Crippen LogP contribution in [0, 0.1) is 11.6 Å². The molecule has 0 amide bonds. The monoisotopic (exact) mass is 462 g/mol. The van der Waals surface area contributed by atoms with Gasteiger partial charge in [-0.05, 0) is 23.6 Å². The van der Waals surface area contributed by atoms with Crippen LogP contribution in [0.1, 0.15) is 0 Å². The highest BCUT2D eigenvalue weighted by Crippen LogP contribution is 2.26. The fourth-order valence-corrected chi connectivity index (χ4v) is 5.40. The van der Waals surface area contributed by atoms with E-state index >= 15 is 0 Å². The van der Waals surface area contributed by atoms with Gasteiger partial charge < -0.3 is 9.84 Å². The highest BCUT2D eigenvalue weighted by molar-refractivity contribution is 7.89. The number of piperazine rings is 1. The average molecular weight is 463 g/mol. The van der Waals surface area contributed by atoms with Crippen molar-refractivity contribution in [2.45, 2.75) is 11.0 Å². The summed E-state index contributed by atoms with van der Waals surface area (Å²) in [6.07, 6.45) is -0.777. The molecule has 0 radical (unpaired) electrons. The van der Waals surface area contributed by atoms with Crippen molar-refractivity contribution < 1.29 is 27.0 Å². The summed E-state index contributed by atoms with van der Waals surface area (Å²) in [5.41, 5.74) is 0. The number of sulfonamides is 1. The molecule has 1 N–H and O–H groups in total. The number of hydrogen-bond acceptors (Lipinski definition) is 5. The predicted molar refractivity (Wildman–Crippen MR) is 117 cm³/mol. The quantitative estimate of drug-likeness (QED) is 0.585. The van der Waals surface area contributed by atoms with Crippen molar-refractivity contribution in [3.8, 4) is 5.75 Å². The van der Waals surface area contributed by atoms with E-state index in [0.717, 1.165) is 33.3 Å². The lowest BCUT2D eigenvalue weighted by molar-refractivity contribution is 0.0573. The highest BCUT2D eigenvalue weighted by Gasteiger charge is 2.33. The van der Waals surface area contributed by atoms with Crippen molar-refractivity contribution in [1.29, 1.82) is 0 Å². The summed E-state index contributed by atoms with van der Waals surface area (Å²) in [7, 11) is -4.27. The van der Waals surface area contributed by atoms with Crippen LogP contribution in [0.25, 0.3) is 10.8 Å². The van der Waals surface area contributed by atoms with Crippen molar-refractivity contribution in [2.24, 2.45) is 0 Å². The minimum absolute atomic E-state index is 0.0764. The van der Waals surface area contributed by atoms with Crippen molar-refractivity contribution >= 4 is 20.8 Å². The minimum Gasteiger partial charge on any atom is -0.490 e. The summed E-state index contributed by atoms with van der Waals surface area (Å²) in [5.74, 6) is -1.52. The molecule has 1 aliphatic heterocycles. The van der Waals surface area contributed by atoms with Crippen LogP contribution in [0.4, 0.5) is 8.78 Å². The van der Waals surface area contributed by atoms with E-state index in [4.69, 9.17) is 4.74 Å². The van der Waals surface area contributed by atoms with Crippen LogP contribution in [0.2, 0.25) is 0 Å². The van der Waals surface area contributed by atoms with Gasteiger partial charge in [0.05, 0.1) is 0 Å². The van der Waals surface area contributed by atoms with Gasteiger partial charge in [-0.15, -0.1) is 0 Å².